The van der Waals surface area contributed by atoms with Crippen molar-refractivity contribution >= 4 is 178 Å². The summed E-state index contributed by atoms with van der Waals surface area (Å²) in [6, 6.07) is 3.71. The van der Waals surface area contributed by atoms with Crippen molar-refractivity contribution in [3.63, 3.8) is 0 Å². The van der Waals surface area contributed by atoms with Crippen LogP contribution in [0.3, 0.4) is 0 Å². The predicted molar refractivity (Wildman–Crippen MR) is 232 cm³/mol. The normalized spacial score (nSPS) is 14.2. The van der Waals surface area contributed by atoms with E-state index in [9.17, 15) is 28.6 Å². The number of nitrogens with one attached hydrogen (secondary N) is 2. The first kappa shape index (κ1) is 45.5. The molecule has 0 heterocycles. The number of esters is 2. The molecule has 9 N–H and O–H groups in total. The molecule has 0 radical (unpaired) electrons. The Labute approximate surface area is 364 Å². The average molecular weight is 1380 g/mol. The zero-order valence-electron chi connectivity index (χ0n) is 25.7. The lowest BCUT2D eigenvalue weighted by atomic mass is 10.00. The van der Waals surface area contributed by atoms with Crippen LogP contribution >= 0.6 is 143 Å². The second kappa shape index (κ2) is 21.3. The molecular weight excluding hydrogens is 1350 g/mol. The Morgan fingerprint density at radius 3 is 1.53 bits per heavy atom. The zero-order chi connectivity index (χ0) is 37.2. The van der Waals surface area contributed by atoms with Gasteiger partial charge in [0.1, 0.15) is 32.4 Å². The van der Waals surface area contributed by atoms with Crippen molar-refractivity contribution in [3.8, 4) is 0 Å². The molecule has 22 heteroatoms. The number of phosphoric acid groups is 1. The van der Waals surface area contributed by atoms with Crippen LogP contribution in [0.5, 0.6) is 0 Å². The smallest absolute Gasteiger partial charge is 0.461 e. The number of benzene rings is 2. The van der Waals surface area contributed by atoms with E-state index >= 15 is 0 Å². The average Bonchev–Trinajstić information content (AvgIpc) is 3.03. The first-order chi connectivity index (χ1) is 22.8. The predicted octanol–water partition coefficient (Wildman–Crippen LogP) is 4.17. The van der Waals surface area contributed by atoms with Gasteiger partial charge in [0, 0.05) is 28.0 Å². The van der Waals surface area contributed by atoms with Gasteiger partial charge in [-0.05, 0) is 173 Å². The molecule has 49 heavy (non-hydrogen) atoms. The number of anilines is 2. The molecule has 0 bridgehead atoms. The number of nitrogen functional groups attached to an aromatic ring is 2. The molecule has 0 aromatic heterocycles. The van der Waals surface area contributed by atoms with Gasteiger partial charge >= 0.3 is 19.8 Å². The van der Waals surface area contributed by atoms with Crippen LogP contribution in [0, 0.1) is 21.4 Å². The summed E-state index contributed by atoms with van der Waals surface area (Å²) in [5.74, 6) is -4.01. The maximum Gasteiger partial charge on any atom is 0.472 e. The summed E-state index contributed by atoms with van der Waals surface area (Å²) in [6.45, 7) is 0.593. The van der Waals surface area contributed by atoms with E-state index in [4.69, 9.17) is 35.7 Å². The van der Waals surface area contributed by atoms with Crippen LogP contribution in [0.4, 0.5) is 11.4 Å². The number of phosphoric ester groups is 1. The summed E-state index contributed by atoms with van der Waals surface area (Å²) in [7, 11) is -4.70. The molecule has 0 aliphatic carbocycles. The third-order valence-corrected chi connectivity index (χ3v) is 13.4. The highest BCUT2D eigenvalue weighted by Gasteiger charge is 2.30. The lowest BCUT2D eigenvalue weighted by Crippen LogP contribution is -2.37. The monoisotopic (exact) mass is 1380 g/mol. The molecular formula is C27H32I6N5O10P. The third-order valence-electron chi connectivity index (χ3n) is 6.46. The fraction of sp³-hybridized carbons (Fsp3) is 0.407. The van der Waals surface area contributed by atoms with Gasteiger partial charge in [-0.3, -0.25) is 28.2 Å². The summed E-state index contributed by atoms with van der Waals surface area (Å²) in [6.07, 6.45) is -1.46. The summed E-state index contributed by atoms with van der Waals surface area (Å²) in [4.78, 5) is 60.8. The Balaban J connectivity index is 1.99. The Hall–Kier alpha value is 0.370. The first-order valence-electron chi connectivity index (χ1n) is 13.9. The van der Waals surface area contributed by atoms with Gasteiger partial charge in [0.25, 0.3) is 0 Å². The molecule has 2 aromatic carbocycles. The van der Waals surface area contributed by atoms with Gasteiger partial charge in [-0.25, -0.2) is 4.57 Å². The fourth-order valence-electron chi connectivity index (χ4n) is 3.89. The Bertz CT molecular complexity index is 1520. The van der Waals surface area contributed by atoms with Crippen molar-refractivity contribution in [1.82, 2.24) is 10.6 Å². The Kier molecular flexibility index (Phi) is 19.8. The number of ether oxygens (including phenoxy) is 2. The van der Waals surface area contributed by atoms with Crippen LogP contribution in [-0.4, -0.2) is 74.2 Å². The van der Waals surface area contributed by atoms with Crippen LogP contribution in [0.1, 0.15) is 36.8 Å². The van der Waals surface area contributed by atoms with Crippen LogP contribution < -0.4 is 27.8 Å². The van der Waals surface area contributed by atoms with E-state index in [0.29, 0.717) is 22.5 Å². The molecule has 2 amide bonds. The summed E-state index contributed by atoms with van der Waals surface area (Å²) >= 11 is 12.6. The molecule has 0 spiro atoms. The van der Waals surface area contributed by atoms with Crippen molar-refractivity contribution in [2.45, 2.75) is 31.8 Å². The number of amides is 2. The van der Waals surface area contributed by atoms with Crippen LogP contribution in [-0.2, 0) is 42.3 Å². The minimum Gasteiger partial charge on any atom is -0.461 e. The summed E-state index contributed by atoms with van der Waals surface area (Å²) in [5, 5.41) is 5.00. The van der Waals surface area contributed by atoms with E-state index in [1.165, 1.54) is 0 Å². The molecule has 2 rings (SSSR count). The van der Waals surface area contributed by atoms with Gasteiger partial charge in [0.05, 0.1) is 29.8 Å². The van der Waals surface area contributed by atoms with E-state index in [-0.39, 0.29) is 13.2 Å². The van der Waals surface area contributed by atoms with Crippen molar-refractivity contribution in [1.29, 1.82) is 0 Å². The number of rotatable bonds is 17. The van der Waals surface area contributed by atoms with Gasteiger partial charge < -0.3 is 42.2 Å². The lowest BCUT2D eigenvalue weighted by Gasteiger charge is -2.21. The molecule has 272 valence electrons. The molecule has 3 atom stereocenters. The standard InChI is InChI=1S/C27H32I6N5O10P/c1-11(20-14(28)5-16(30)24(35)22(20)32)26(41)37-7-18(39)45-9-13(48-49(43,44)47-4-3-34)10-46-19(40)8-38-27(42)12(2)21-15(29)6-17(31)25(36)23(21)33/h5-6,11-13H,3-4,7-10,34-36H2,1-2H3,(H,37,41)(H,38,42)(H,43,44). The number of hydrogen-bond donors (Lipinski definition) is 6. The highest BCUT2D eigenvalue weighted by molar-refractivity contribution is 14.1. The van der Waals surface area contributed by atoms with E-state index in [2.05, 4.69) is 146 Å². The molecule has 2 aromatic rings. The quantitative estimate of drug-likeness (QED) is 0.0565. The molecule has 0 aliphatic rings. The van der Waals surface area contributed by atoms with E-state index < -0.39 is 75.8 Å². The number of hydrogen-bond acceptors (Lipinski definition) is 12. The van der Waals surface area contributed by atoms with Gasteiger partial charge in [0.15, 0.2) is 0 Å². The summed E-state index contributed by atoms with van der Waals surface area (Å²) in [5.41, 5.74) is 20.1. The van der Waals surface area contributed by atoms with Crippen molar-refractivity contribution in [2.24, 2.45) is 5.73 Å². The van der Waals surface area contributed by atoms with Crippen LogP contribution in [0.2, 0.25) is 0 Å². The Morgan fingerprint density at radius 1 is 0.776 bits per heavy atom. The topological polar surface area (TPSA) is 245 Å². The minimum atomic E-state index is -4.70. The van der Waals surface area contributed by atoms with Gasteiger partial charge in [-0.2, -0.15) is 0 Å². The molecule has 0 saturated heterocycles. The van der Waals surface area contributed by atoms with Crippen molar-refractivity contribution in [3.05, 3.63) is 44.7 Å². The fourth-order valence-corrected chi connectivity index (χ4v) is 13.4. The molecule has 0 fully saturated rings. The molecule has 3 unspecified atom stereocenters. The largest absolute Gasteiger partial charge is 0.472 e. The van der Waals surface area contributed by atoms with Gasteiger partial charge in [-0.1, -0.05) is 0 Å². The SMILES string of the molecule is CC(C(=O)NCC(=O)OCC(COC(=O)CNC(=O)C(C)c1c(I)cc(I)c(N)c1I)OP(=O)(O)OCCN)c1c(I)cc(I)c(N)c1I. The number of carbonyl (C=O) groups is 4. The maximum absolute atomic E-state index is 12.9. The van der Waals surface area contributed by atoms with Crippen molar-refractivity contribution in [2.75, 3.05) is 50.9 Å². The number of nitrogens with two attached hydrogens (primary N) is 3. The Morgan fingerprint density at radius 2 is 1.16 bits per heavy atom. The zero-order valence-corrected chi connectivity index (χ0v) is 39.5. The summed E-state index contributed by atoms with van der Waals surface area (Å²) < 4.78 is 37.2. The third kappa shape index (κ3) is 13.9. The molecule has 0 saturated carbocycles. The van der Waals surface area contributed by atoms with E-state index in [1.807, 2.05) is 12.1 Å². The van der Waals surface area contributed by atoms with Crippen LogP contribution in [0.25, 0.3) is 0 Å². The molecule has 0 aliphatic heterocycles. The number of carbonyl (C=O) groups excluding carboxylic acids is 4. The lowest BCUT2D eigenvalue weighted by molar-refractivity contribution is -0.152. The van der Waals surface area contributed by atoms with E-state index in [1.54, 1.807) is 13.8 Å². The second-order valence-electron chi connectivity index (χ2n) is 10.0. The van der Waals surface area contributed by atoms with Crippen molar-refractivity contribution < 1.29 is 47.2 Å². The minimum absolute atomic E-state index is 0.0847. The van der Waals surface area contributed by atoms with Gasteiger partial charge in [-0.15, -0.1) is 0 Å². The van der Waals surface area contributed by atoms with Gasteiger partial charge in [0.2, 0.25) is 11.8 Å². The molecule has 15 nitrogen and oxygen atoms in total. The number of halogens is 6. The van der Waals surface area contributed by atoms with Crippen LogP contribution in [0.15, 0.2) is 12.1 Å². The van der Waals surface area contributed by atoms with E-state index in [0.717, 1.165) is 21.4 Å². The highest BCUT2D eigenvalue weighted by Crippen LogP contribution is 2.44. The second-order valence-corrected chi connectivity index (χ2v) is 18.2. The first-order valence-corrected chi connectivity index (χ1v) is 21.9. The highest BCUT2D eigenvalue weighted by atomic mass is 127. The maximum atomic E-state index is 12.9.